The van der Waals surface area contributed by atoms with Gasteiger partial charge >= 0.3 is 12.4 Å². The van der Waals surface area contributed by atoms with E-state index in [1.807, 2.05) is 0 Å². The van der Waals surface area contributed by atoms with Crippen LogP contribution in [-0.2, 0) is 11.3 Å². The zero-order chi connectivity index (χ0) is 17.7. The Kier molecular flexibility index (Phi) is 5.53. The summed E-state index contributed by atoms with van der Waals surface area (Å²) in [5.41, 5.74) is 5.42. The van der Waals surface area contributed by atoms with Crippen molar-refractivity contribution in [3.8, 4) is 5.75 Å². The topological polar surface area (TPSA) is 84.7 Å². The summed E-state index contributed by atoms with van der Waals surface area (Å²) in [4.78, 5) is 24.7. The molecule has 0 saturated carbocycles. The summed E-state index contributed by atoms with van der Waals surface area (Å²) in [7, 11) is 0. The predicted octanol–water partition coefficient (Wildman–Crippen LogP) is 1.99. The number of carbonyl (C=O) groups excluding carboxylic acids is 2. The summed E-state index contributed by atoms with van der Waals surface area (Å²) in [6, 6.07) is 5.01. The van der Waals surface area contributed by atoms with Crippen LogP contribution in [0.3, 0.4) is 0 Å². The molecule has 132 valence electrons. The number of primary amides is 1. The van der Waals surface area contributed by atoms with Gasteiger partial charge in [0.25, 0.3) is 0 Å². The number of benzene rings is 1. The van der Waals surface area contributed by atoms with E-state index in [9.17, 15) is 22.8 Å². The van der Waals surface area contributed by atoms with Crippen molar-refractivity contribution in [2.75, 3.05) is 13.1 Å². The first-order chi connectivity index (χ1) is 11.3. The second-order valence-electron chi connectivity index (χ2n) is 5.50. The lowest BCUT2D eigenvalue weighted by Crippen LogP contribution is -2.47. The molecule has 0 aromatic heterocycles. The standard InChI is InChI=1S/C15H18F3N3O3/c16-15(17,18)24-12-6-2-1-4-10(12)8-20-13(22)11-5-3-7-21(9-11)14(19)23/h1-2,4,6,11H,3,5,7-9H2,(H2,19,23)(H,20,22)/t11-/m1/s1. The molecule has 1 aliphatic rings. The number of halogens is 3. The molecule has 1 atom stereocenters. The molecule has 9 heteroatoms. The summed E-state index contributed by atoms with van der Waals surface area (Å²) in [5, 5.41) is 2.59. The zero-order valence-electron chi connectivity index (χ0n) is 12.8. The molecule has 3 amide bonds. The average Bonchev–Trinajstić information content (AvgIpc) is 2.52. The Bertz CT molecular complexity index is 607. The number of carbonyl (C=O) groups is 2. The number of likely N-dealkylation sites (tertiary alicyclic amines) is 1. The van der Waals surface area contributed by atoms with E-state index in [0.29, 0.717) is 19.4 Å². The van der Waals surface area contributed by atoms with Crippen LogP contribution in [0.4, 0.5) is 18.0 Å². The predicted molar refractivity (Wildman–Crippen MR) is 78.9 cm³/mol. The molecule has 1 saturated heterocycles. The molecule has 0 radical (unpaired) electrons. The monoisotopic (exact) mass is 345 g/mol. The molecule has 1 aromatic rings. The second kappa shape index (κ2) is 7.41. The quantitative estimate of drug-likeness (QED) is 0.875. The van der Waals surface area contributed by atoms with Crippen LogP contribution in [0.5, 0.6) is 5.75 Å². The molecule has 1 aromatic carbocycles. The van der Waals surface area contributed by atoms with Crippen LogP contribution in [-0.4, -0.2) is 36.3 Å². The highest BCUT2D eigenvalue weighted by Crippen LogP contribution is 2.26. The van der Waals surface area contributed by atoms with Gasteiger partial charge in [-0.05, 0) is 18.9 Å². The maximum atomic E-state index is 12.4. The number of nitrogens with zero attached hydrogens (tertiary/aromatic N) is 1. The van der Waals surface area contributed by atoms with Gasteiger partial charge in [-0.15, -0.1) is 13.2 Å². The molecular weight excluding hydrogens is 327 g/mol. The summed E-state index contributed by atoms with van der Waals surface area (Å²) in [5.74, 6) is -1.11. The van der Waals surface area contributed by atoms with Crippen LogP contribution in [0.1, 0.15) is 18.4 Å². The first-order valence-corrected chi connectivity index (χ1v) is 7.42. The van der Waals surface area contributed by atoms with Crippen LogP contribution >= 0.6 is 0 Å². The van der Waals surface area contributed by atoms with E-state index in [2.05, 4.69) is 10.1 Å². The van der Waals surface area contributed by atoms with Crippen LogP contribution < -0.4 is 15.8 Å². The second-order valence-corrected chi connectivity index (χ2v) is 5.50. The van der Waals surface area contributed by atoms with Crippen molar-refractivity contribution in [2.45, 2.75) is 25.7 Å². The normalized spacial score (nSPS) is 18.1. The van der Waals surface area contributed by atoms with Crippen molar-refractivity contribution in [1.82, 2.24) is 10.2 Å². The molecule has 1 fully saturated rings. The van der Waals surface area contributed by atoms with Gasteiger partial charge in [0, 0.05) is 25.2 Å². The van der Waals surface area contributed by atoms with Crippen molar-refractivity contribution >= 4 is 11.9 Å². The Hall–Kier alpha value is -2.45. The van der Waals surface area contributed by atoms with Gasteiger partial charge in [-0.3, -0.25) is 4.79 Å². The number of rotatable bonds is 4. The third-order valence-electron chi connectivity index (χ3n) is 3.76. The molecule has 0 bridgehead atoms. The first kappa shape index (κ1) is 17.9. The number of piperidine rings is 1. The summed E-state index contributed by atoms with van der Waals surface area (Å²) >= 11 is 0. The van der Waals surface area contributed by atoms with Crippen LogP contribution in [0.25, 0.3) is 0 Å². The van der Waals surface area contributed by atoms with Gasteiger partial charge in [-0.25, -0.2) is 4.79 Å². The fraction of sp³-hybridized carbons (Fsp3) is 0.467. The number of alkyl halides is 3. The summed E-state index contributed by atoms with van der Waals surface area (Å²) < 4.78 is 41.1. The van der Waals surface area contributed by atoms with Gasteiger partial charge in [0.1, 0.15) is 5.75 Å². The third kappa shape index (κ3) is 5.04. The zero-order valence-corrected chi connectivity index (χ0v) is 12.8. The van der Waals surface area contributed by atoms with E-state index in [0.717, 1.165) is 0 Å². The lowest BCUT2D eigenvalue weighted by Gasteiger charge is -2.30. The molecule has 0 unspecified atom stereocenters. The van der Waals surface area contributed by atoms with E-state index in [-0.39, 0.29) is 30.3 Å². The Labute approximate surface area is 136 Å². The van der Waals surface area contributed by atoms with Crippen LogP contribution in [0, 0.1) is 5.92 Å². The molecule has 3 N–H and O–H groups in total. The Morgan fingerprint density at radius 3 is 2.71 bits per heavy atom. The maximum Gasteiger partial charge on any atom is 0.573 e. The number of amides is 3. The van der Waals surface area contributed by atoms with Crippen molar-refractivity contribution in [1.29, 1.82) is 0 Å². The maximum absolute atomic E-state index is 12.4. The molecule has 1 heterocycles. The van der Waals surface area contributed by atoms with E-state index in [1.54, 1.807) is 6.07 Å². The van der Waals surface area contributed by atoms with Crippen molar-refractivity contribution in [2.24, 2.45) is 11.7 Å². The number of nitrogens with one attached hydrogen (secondary N) is 1. The minimum Gasteiger partial charge on any atom is -0.405 e. The lowest BCUT2D eigenvalue weighted by molar-refractivity contribution is -0.274. The summed E-state index contributed by atoms with van der Waals surface area (Å²) in [6.07, 6.45) is -3.56. The van der Waals surface area contributed by atoms with E-state index >= 15 is 0 Å². The molecule has 0 aliphatic carbocycles. The SMILES string of the molecule is NC(=O)N1CCC[C@@H](C(=O)NCc2ccccc2OC(F)(F)F)C1. The largest absolute Gasteiger partial charge is 0.573 e. The molecule has 1 aliphatic heterocycles. The Balaban J connectivity index is 1.96. The van der Waals surface area contributed by atoms with Gasteiger partial charge in [0.05, 0.1) is 5.92 Å². The third-order valence-corrected chi connectivity index (χ3v) is 3.76. The molecule has 6 nitrogen and oxygen atoms in total. The number of para-hydroxylation sites is 1. The van der Waals surface area contributed by atoms with Crippen LogP contribution in [0.2, 0.25) is 0 Å². The molecule has 2 rings (SSSR count). The minimum atomic E-state index is -4.80. The summed E-state index contributed by atoms with van der Waals surface area (Å²) in [6.45, 7) is 0.612. The van der Waals surface area contributed by atoms with Crippen LogP contribution in [0.15, 0.2) is 24.3 Å². The number of urea groups is 1. The van der Waals surface area contributed by atoms with Gasteiger partial charge in [0.15, 0.2) is 0 Å². The van der Waals surface area contributed by atoms with Gasteiger partial charge < -0.3 is 20.7 Å². The molecule has 24 heavy (non-hydrogen) atoms. The highest BCUT2D eigenvalue weighted by atomic mass is 19.4. The van der Waals surface area contributed by atoms with Crippen molar-refractivity contribution in [3.63, 3.8) is 0 Å². The van der Waals surface area contributed by atoms with E-state index in [1.165, 1.54) is 23.1 Å². The van der Waals surface area contributed by atoms with E-state index < -0.39 is 18.3 Å². The average molecular weight is 345 g/mol. The fourth-order valence-corrected chi connectivity index (χ4v) is 2.59. The highest BCUT2D eigenvalue weighted by Gasteiger charge is 2.32. The van der Waals surface area contributed by atoms with Crippen molar-refractivity contribution in [3.05, 3.63) is 29.8 Å². The van der Waals surface area contributed by atoms with E-state index in [4.69, 9.17) is 5.73 Å². The highest BCUT2D eigenvalue weighted by molar-refractivity contribution is 5.80. The smallest absolute Gasteiger partial charge is 0.405 e. The first-order valence-electron chi connectivity index (χ1n) is 7.42. The lowest BCUT2D eigenvalue weighted by atomic mass is 9.97. The number of hydrogen-bond acceptors (Lipinski definition) is 3. The Morgan fingerprint density at radius 2 is 2.04 bits per heavy atom. The van der Waals surface area contributed by atoms with Gasteiger partial charge in [-0.1, -0.05) is 18.2 Å². The number of nitrogens with two attached hydrogens (primary N) is 1. The Morgan fingerprint density at radius 1 is 1.33 bits per heavy atom. The van der Waals surface area contributed by atoms with Gasteiger partial charge in [0.2, 0.25) is 5.91 Å². The fourth-order valence-electron chi connectivity index (χ4n) is 2.59. The molecular formula is C15H18F3N3O3. The van der Waals surface area contributed by atoms with Crippen molar-refractivity contribution < 1.29 is 27.5 Å². The minimum absolute atomic E-state index is 0.0990. The van der Waals surface area contributed by atoms with Gasteiger partial charge in [-0.2, -0.15) is 0 Å². The number of hydrogen-bond donors (Lipinski definition) is 2. The number of ether oxygens (including phenoxy) is 1. The molecule has 0 spiro atoms.